The number of carbonyl (C=O) groups excluding carboxylic acids is 2. The lowest BCUT2D eigenvalue weighted by Crippen LogP contribution is -2.44. The molecule has 0 aliphatic carbocycles. The fraction of sp³-hybridized carbons (Fsp3) is 0.429. The van der Waals surface area contributed by atoms with Gasteiger partial charge in [0.2, 0.25) is 5.91 Å². The molecule has 1 N–H and O–H groups in total. The van der Waals surface area contributed by atoms with Crippen LogP contribution < -0.4 is 5.32 Å². The number of hydrogen-bond acceptors (Lipinski definition) is 3. The Kier molecular flexibility index (Phi) is 6.49. The summed E-state index contributed by atoms with van der Waals surface area (Å²) in [5, 5.41) is 3.26. The molecule has 1 rings (SSSR count). The maximum absolute atomic E-state index is 11.8. The third-order valence-electron chi connectivity index (χ3n) is 2.76. The van der Waals surface area contributed by atoms with Crippen molar-refractivity contribution < 1.29 is 14.3 Å². The number of rotatable bonds is 5. The zero-order chi connectivity index (χ0) is 15.3. The smallest absolute Gasteiger partial charge is 0.328 e. The topological polar surface area (TPSA) is 55.4 Å². The zero-order valence-electron chi connectivity index (χ0n) is 11.6. The maximum Gasteiger partial charge on any atom is 0.328 e. The Morgan fingerprint density at radius 1 is 1.40 bits per heavy atom. The number of halogens is 2. The lowest BCUT2D eigenvalue weighted by atomic mass is 10.0. The number of methoxy groups -OCH3 is 1. The Morgan fingerprint density at radius 3 is 2.60 bits per heavy atom. The van der Waals surface area contributed by atoms with E-state index in [0.29, 0.717) is 11.4 Å². The third kappa shape index (κ3) is 4.80. The number of hydrogen-bond donors (Lipinski definition) is 1. The van der Waals surface area contributed by atoms with E-state index in [2.05, 4.69) is 21.2 Å². The Hall–Kier alpha value is -1.07. The number of amides is 1. The first kappa shape index (κ1) is 17.0. The highest BCUT2D eigenvalue weighted by atomic mass is 79.9. The molecule has 4 nitrogen and oxygen atoms in total. The summed E-state index contributed by atoms with van der Waals surface area (Å²) in [6.07, 6.45) is 0.312. The monoisotopic (exact) mass is 361 g/mol. The summed E-state index contributed by atoms with van der Waals surface area (Å²) in [6.45, 7) is 3.53. The van der Waals surface area contributed by atoms with Crippen molar-refractivity contribution in [2.45, 2.75) is 26.3 Å². The molecule has 0 saturated heterocycles. The first-order valence-corrected chi connectivity index (χ1v) is 7.34. The zero-order valence-corrected chi connectivity index (χ0v) is 13.9. The van der Waals surface area contributed by atoms with Crippen molar-refractivity contribution in [3.63, 3.8) is 0 Å². The second-order valence-corrected chi connectivity index (χ2v) is 5.97. The highest BCUT2D eigenvalue weighted by Gasteiger charge is 2.24. The van der Waals surface area contributed by atoms with Gasteiger partial charge in [-0.25, -0.2) is 4.79 Å². The van der Waals surface area contributed by atoms with Crippen LogP contribution in [0, 0.1) is 5.92 Å². The van der Waals surface area contributed by atoms with Crippen LogP contribution >= 0.6 is 27.5 Å². The fourth-order valence-corrected chi connectivity index (χ4v) is 2.20. The second-order valence-electron chi connectivity index (χ2n) is 4.68. The Balaban J connectivity index is 2.92. The summed E-state index contributed by atoms with van der Waals surface area (Å²) in [5.74, 6) is -0.880. The van der Waals surface area contributed by atoms with Gasteiger partial charge in [-0.1, -0.05) is 41.4 Å². The molecule has 0 aliphatic heterocycles. The van der Waals surface area contributed by atoms with Crippen LogP contribution in [0.5, 0.6) is 0 Å². The minimum atomic E-state index is -0.732. The molecule has 0 bridgehead atoms. The molecule has 0 fully saturated rings. The van der Waals surface area contributed by atoms with Gasteiger partial charge in [0.15, 0.2) is 0 Å². The van der Waals surface area contributed by atoms with Crippen LogP contribution in [-0.2, 0) is 20.7 Å². The quantitative estimate of drug-likeness (QED) is 0.819. The predicted molar refractivity (Wildman–Crippen MR) is 81.6 cm³/mol. The van der Waals surface area contributed by atoms with Crippen molar-refractivity contribution in [1.82, 2.24) is 5.32 Å². The lowest BCUT2D eigenvalue weighted by Gasteiger charge is -2.18. The van der Waals surface area contributed by atoms with E-state index in [9.17, 15) is 9.59 Å². The normalized spacial score (nSPS) is 12.1. The van der Waals surface area contributed by atoms with Gasteiger partial charge in [-0.2, -0.15) is 0 Å². The van der Waals surface area contributed by atoms with Crippen LogP contribution in [-0.4, -0.2) is 25.0 Å². The number of esters is 1. The Labute approximate surface area is 132 Å². The molecule has 20 heavy (non-hydrogen) atoms. The van der Waals surface area contributed by atoms with Gasteiger partial charge < -0.3 is 10.1 Å². The van der Waals surface area contributed by atoms with Crippen LogP contribution in [0.25, 0.3) is 0 Å². The summed E-state index contributed by atoms with van der Waals surface area (Å²) >= 11 is 9.35. The summed E-state index contributed by atoms with van der Waals surface area (Å²) in [7, 11) is 1.30. The van der Waals surface area contributed by atoms with E-state index in [1.165, 1.54) is 7.11 Å². The van der Waals surface area contributed by atoms with E-state index in [1.54, 1.807) is 32.0 Å². The highest BCUT2D eigenvalue weighted by Crippen LogP contribution is 2.22. The maximum atomic E-state index is 11.8. The minimum Gasteiger partial charge on any atom is -0.467 e. The minimum absolute atomic E-state index is 0.196. The van der Waals surface area contributed by atoms with E-state index in [0.717, 1.165) is 10.0 Å². The predicted octanol–water partition coefficient (Wildman–Crippen LogP) is 2.96. The molecule has 0 unspecified atom stereocenters. The van der Waals surface area contributed by atoms with Gasteiger partial charge in [0.1, 0.15) is 6.04 Å². The number of nitrogens with one attached hydrogen (secondary N) is 1. The van der Waals surface area contributed by atoms with Crippen molar-refractivity contribution in [2.75, 3.05) is 7.11 Å². The fourth-order valence-electron chi connectivity index (χ4n) is 1.59. The van der Waals surface area contributed by atoms with Gasteiger partial charge in [-0.3, -0.25) is 4.79 Å². The average Bonchev–Trinajstić information content (AvgIpc) is 2.40. The molecule has 1 amide bonds. The van der Waals surface area contributed by atoms with Crippen LogP contribution in [0.1, 0.15) is 19.4 Å². The van der Waals surface area contributed by atoms with Gasteiger partial charge >= 0.3 is 5.97 Å². The van der Waals surface area contributed by atoms with Gasteiger partial charge in [0, 0.05) is 21.8 Å². The molecule has 0 saturated carbocycles. The largest absolute Gasteiger partial charge is 0.467 e. The summed E-state index contributed by atoms with van der Waals surface area (Å²) in [5.41, 5.74) is 0.831. The van der Waals surface area contributed by atoms with E-state index >= 15 is 0 Å². The Morgan fingerprint density at radius 2 is 2.05 bits per heavy atom. The van der Waals surface area contributed by atoms with Gasteiger partial charge in [-0.15, -0.1) is 0 Å². The Bertz CT molecular complexity index is 505. The van der Waals surface area contributed by atoms with E-state index in [1.807, 2.05) is 0 Å². The molecule has 1 aromatic rings. The van der Waals surface area contributed by atoms with Gasteiger partial charge in [0.25, 0.3) is 0 Å². The van der Waals surface area contributed by atoms with Crippen LogP contribution in [0.4, 0.5) is 0 Å². The molecule has 0 aromatic heterocycles. The third-order valence-corrected chi connectivity index (χ3v) is 3.77. The van der Waals surface area contributed by atoms with E-state index in [4.69, 9.17) is 16.3 Å². The van der Waals surface area contributed by atoms with Crippen molar-refractivity contribution >= 4 is 39.4 Å². The first-order valence-electron chi connectivity index (χ1n) is 6.17. The average molecular weight is 363 g/mol. The van der Waals surface area contributed by atoms with Crippen LogP contribution in [0.3, 0.4) is 0 Å². The van der Waals surface area contributed by atoms with Crippen LogP contribution in [0.2, 0.25) is 5.02 Å². The molecular weight excluding hydrogens is 346 g/mol. The molecule has 6 heteroatoms. The molecule has 110 valence electrons. The molecule has 1 atom stereocenters. The highest BCUT2D eigenvalue weighted by molar-refractivity contribution is 9.10. The van der Waals surface area contributed by atoms with Crippen molar-refractivity contribution in [1.29, 1.82) is 0 Å². The van der Waals surface area contributed by atoms with Gasteiger partial charge in [0.05, 0.1) is 7.11 Å². The molecule has 1 aromatic carbocycles. The molecule has 0 aliphatic rings. The first-order chi connectivity index (χ1) is 9.35. The van der Waals surface area contributed by atoms with Gasteiger partial charge in [-0.05, 0) is 23.8 Å². The molecule has 0 heterocycles. The number of benzene rings is 1. The van der Waals surface area contributed by atoms with Crippen molar-refractivity contribution in [3.05, 3.63) is 33.3 Å². The van der Waals surface area contributed by atoms with E-state index < -0.39 is 12.0 Å². The molecular formula is C14H17BrClNO3. The lowest BCUT2D eigenvalue weighted by molar-refractivity contribution is -0.145. The van der Waals surface area contributed by atoms with E-state index in [-0.39, 0.29) is 11.8 Å². The summed E-state index contributed by atoms with van der Waals surface area (Å²) < 4.78 is 5.56. The number of ether oxygens (including phenoxy) is 1. The molecule has 0 spiro atoms. The summed E-state index contributed by atoms with van der Waals surface area (Å²) in [6, 6.07) is 4.57. The van der Waals surface area contributed by atoms with Crippen LogP contribution in [0.15, 0.2) is 22.7 Å². The number of carbonyl (C=O) groups is 2. The summed E-state index contributed by atoms with van der Waals surface area (Å²) in [4.78, 5) is 23.5. The molecule has 0 radical (unpaired) electrons. The standard InChI is InChI=1S/C14H17BrClNO3/c1-8(2)13(18)17-12(14(19)20-3)7-9-6-10(16)4-5-11(9)15/h4-6,8,12H,7H2,1-3H3,(H,17,18)/t12-/m0/s1. The SMILES string of the molecule is COC(=O)[C@H](Cc1cc(Cl)ccc1Br)NC(=O)C(C)C. The van der Waals surface area contributed by atoms with Crippen molar-refractivity contribution in [3.8, 4) is 0 Å². The van der Waals surface area contributed by atoms with Crippen molar-refractivity contribution in [2.24, 2.45) is 5.92 Å². The second kappa shape index (κ2) is 7.64.